The molecule has 12 heteroatoms. The van der Waals surface area contributed by atoms with Crippen LogP contribution in [-0.4, -0.2) is 109 Å². The lowest BCUT2D eigenvalue weighted by molar-refractivity contribution is -0.173. The number of carbonyl (C=O) groups is 1. The first-order valence-electron chi connectivity index (χ1n) is 23.2. The van der Waals surface area contributed by atoms with Crippen LogP contribution in [0.2, 0.25) is 10.1 Å². The van der Waals surface area contributed by atoms with Gasteiger partial charge < -0.3 is 42.4 Å². The van der Waals surface area contributed by atoms with Crippen molar-refractivity contribution < 1.29 is 47.2 Å². The second kappa shape index (κ2) is 21.8. The average molecular weight is 953 g/mol. The van der Waals surface area contributed by atoms with Crippen LogP contribution in [0.1, 0.15) is 76.2 Å². The number of carbonyl (C=O) groups excluding carboxylic acids is 1. The van der Waals surface area contributed by atoms with Crippen molar-refractivity contribution in [2.24, 2.45) is 0 Å². The van der Waals surface area contributed by atoms with Gasteiger partial charge in [-0.05, 0) is 71.5 Å². The topological polar surface area (TPSA) is 111 Å². The van der Waals surface area contributed by atoms with Crippen LogP contribution >= 0.6 is 0 Å². The molecule has 6 unspecified atom stereocenters. The largest absolute Gasteiger partial charge is 0.405 e. The van der Waals surface area contributed by atoms with Gasteiger partial charge in [0.05, 0.1) is 13.2 Å². The van der Waals surface area contributed by atoms with Crippen molar-refractivity contribution in [2.75, 3.05) is 27.4 Å². The summed E-state index contributed by atoms with van der Waals surface area (Å²) in [6.45, 7) is 30.5. The molecule has 0 aliphatic carbocycles. The van der Waals surface area contributed by atoms with Crippen LogP contribution < -0.4 is 20.7 Å². The van der Waals surface area contributed by atoms with Crippen LogP contribution in [0.25, 0.3) is 0 Å². The van der Waals surface area contributed by atoms with Gasteiger partial charge >= 0.3 is 0 Å². The highest BCUT2D eigenvalue weighted by molar-refractivity contribution is 7.00. The molecule has 67 heavy (non-hydrogen) atoms. The predicted octanol–water partition coefficient (Wildman–Crippen LogP) is 7.89. The van der Waals surface area contributed by atoms with Crippen molar-refractivity contribution in [3.05, 3.63) is 147 Å². The molecular weight excluding hydrogens is 877 g/mol. The predicted molar refractivity (Wildman–Crippen MR) is 272 cm³/mol. The standard InChI is InChI=1S/C28H40O5Si.C27H36O5Si/c1-9-28(7,29)25(30-8)24-23(32-27(5,6)33-24)20-31-34(26(2,3)4,21-16-12-10-13-17-21)22-18-14-11-15-19-22;1-8-22(28)24(29-7)25-23(31-27(5,6)32-25)19-30-33(26(2,3)4,20-15-11-9-12-16-20)21-17-13-10-14-18-21/h9-19,23-25,29H,1,20H2,2-8H3;8-18,23-25H,1,19H2,2-7H3/t23?,24?,25?,28-;/m0./s1. The SMILES string of the molecule is C=CC(=O)C(OC)C1OC(C)(C)OC1CO[Si](c1ccccc1)(c1ccccc1)C(C)(C)C.C=C[C@](C)(O)C(OC)C1OC(C)(C)OC1CO[Si](c1ccccc1)(c1ccccc1)C(C)(C)C. The van der Waals surface area contributed by atoms with E-state index in [4.69, 9.17) is 37.3 Å². The van der Waals surface area contributed by atoms with E-state index in [1.165, 1.54) is 40.0 Å². The van der Waals surface area contributed by atoms with Gasteiger partial charge in [0.1, 0.15) is 42.2 Å². The summed E-state index contributed by atoms with van der Waals surface area (Å²) in [5, 5.41) is 15.4. The van der Waals surface area contributed by atoms with Gasteiger partial charge in [-0.3, -0.25) is 4.79 Å². The quantitative estimate of drug-likeness (QED) is 0.0601. The molecule has 6 rings (SSSR count). The summed E-state index contributed by atoms with van der Waals surface area (Å²) in [6.07, 6.45) is -0.779. The summed E-state index contributed by atoms with van der Waals surface area (Å²) in [5.41, 5.74) is -1.29. The first-order valence-corrected chi connectivity index (χ1v) is 27.0. The van der Waals surface area contributed by atoms with E-state index in [9.17, 15) is 9.90 Å². The molecule has 4 aromatic carbocycles. The zero-order valence-corrected chi connectivity index (χ0v) is 44.1. The second-order valence-corrected chi connectivity index (χ2v) is 29.2. The minimum Gasteiger partial charge on any atom is -0.405 e. The Morgan fingerprint density at radius 2 is 0.925 bits per heavy atom. The molecule has 0 spiro atoms. The van der Waals surface area contributed by atoms with Crippen molar-refractivity contribution in [3.8, 4) is 0 Å². The molecule has 364 valence electrons. The molecular formula is C55H76O10Si2. The third-order valence-electron chi connectivity index (χ3n) is 12.8. The van der Waals surface area contributed by atoms with Crippen molar-refractivity contribution in [3.63, 3.8) is 0 Å². The van der Waals surface area contributed by atoms with Crippen molar-refractivity contribution >= 4 is 43.2 Å². The maximum atomic E-state index is 12.5. The van der Waals surface area contributed by atoms with Gasteiger partial charge in [-0.1, -0.05) is 176 Å². The average Bonchev–Trinajstić information content (AvgIpc) is 3.77. The number of ether oxygens (including phenoxy) is 6. The van der Waals surface area contributed by atoms with E-state index in [1.54, 1.807) is 14.0 Å². The summed E-state index contributed by atoms with van der Waals surface area (Å²) in [4.78, 5) is 12.5. The molecule has 2 saturated heterocycles. The van der Waals surface area contributed by atoms with E-state index in [-0.39, 0.29) is 22.5 Å². The van der Waals surface area contributed by atoms with E-state index < -0.39 is 70.4 Å². The normalized spacial score (nSPS) is 22.4. The molecule has 0 radical (unpaired) electrons. The van der Waals surface area contributed by atoms with Crippen molar-refractivity contribution in [1.82, 2.24) is 0 Å². The Morgan fingerprint density at radius 3 is 1.21 bits per heavy atom. The molecule has 0 amide bonds. The van der Waals surface area contributed by atoms with E-state index in [2.05, 4.69) is 152 Å². The highest BCUT2D eigenvalue weighted by Crippen LogP contribution is 2.41. The Kier molecular flexibility index (Phi) is 17.6. The van der Waals surface area contributed by atoms with Gasteiger partial charge in [0.15, 0.2) is 17.4 Å². The second-order valence-electron chi connectivity index (χ2n) is 20.6. The maximum Gasteiger partial charge on any atom is 0.261 e. The Labute approximate surface area is 402 Å². The molecule has 1 N–H and O–H groups in total. The highest BCUT2D eigenvalue weighted by atomic mass is 28.4. The lowest BCUT2D eigenvalue weighted by atomic mass is 9.92. The molecule has 2 heterocycles. The van der Waals surface area contributed by atoms with Gasteiger partial charge in [0.25, 0.3) is 16.6 Å². The summed E-state index contributed by atoms with van der Waals surface area (Å²) in [6, 6.07) is 41.9. The van der Waals surface area contributed by atoms with E-state index in [1.807, 2.05) is 52.0 Å². The molecule has 0 aromatic heterocycles. The van der Waals surface area contributed by atoms with Crippen LogP contribution in [0.4, 0.5) is 0 Å². The fourth-order valence-corrected chi connectivity index (χ4v) is 18.9. The van der Waals surface area contributed by atoms with Crippen LogP contribution in [0, 0.1) is 0 Å². The smallest absolute Gasteiger partial charge is 0.261 e. The van der Waals surface area contributed by atoms with Gasteiger partial charge in [0, 0.05) is 14.2 Å². The van der Waals surface area contributed by atoms with Crippen LogP contribution in [0.3, 0.4) is 0 Å². The number of methoxy groups -OCH3 is 2. The molecule has 0 saturated carbocycles. The number of aliphatic hydroxyl groups is 1. The number of rotatable bonds is 18. The molecule has 4 aromatic rings. The first-order chi connectivity index (χ1) is 31.4. The molecule has 10 nitrogen and oxygen atoms in total. The number of hydrogen-bond acceptors (Lipinski definition) is 10. The zero-order valence-electron chi connectivity index (χ0n) is 42.1. The van der Waals surface area contributed by atoms with Gasteiger partial charge in [-0.2, -0.15) is 0 Å². The van der Waals surface area contributed by atoms with E-state index in [0.29, 0.717) is 6.61 Å². The van der Waals surface area contributed by atoms with Crippen molar-refractivity contribution in [2.45, 2.75) is 140 Å². The number of ketones is 1. The highest BCUT2D eigenvalue weighted by Gasteiger charge is 2.56. The molecule has 0 bridgehead atoms. The molecule has 7 atom stereocenters. The Hall–Kier alpha value is -3.90. The fraction of sp³-hybridized carbons (Fsp3) is 0.473. The van der Waals surface area contributed by atoms with Gasteiger partial charge in [-0.15, -0.1) is 6.58 Å². The summed E-state index contributed by atoms with van der Waals surface area (Å²) in [5.74, 6) is -1.93. The number of hydrogen-bond donors (Lipinski definition) is 1. The molecule has 2 aliphatic heterocycles. The third-order valence-corrected chi connectivity index (χ3v) is 22.8. The lowest BCUT2D eigenvalue weighted by Gasteiger charge is -2.44. The Balaban J connectivity index is 0.000000251. The first kappa shape index (κ1) is 54.1. The minimum atomic E-state index is -2.75. The Morgan fingerprint density at radius 1 is 0.597 bits per heavy atom. The summed E-state index contributed by atoms with van der Waals surface area (Å²) < 4.78 is 50.2. The van der Waals surface area contributed by atoms with Crippen molar-refractivity contribution in [1.29, 1.82) is 0 Å². The Bertz CT molecular complexity index is 2110. The van der Waals surface area contributed by atoms with Gasteiger partial charge in [-0.25, -0.2) is 0 Å². The van der Waals surface area contributed by atoms with E-state index >= 15 is 0 Å². The maximum absolute atomic E-state index is 12.5. The molecule has 2 aliphatic rings. The summed E-state index contributed by atoms with van der Waals surface area (Å²) in [7, 11) is -2.44. The van der Waals surface area contributed by atoms with E-state index in [0.717, 1.165) is 0 Å². The third kappa shape index (κ3) is 11.9. The lowest BCUT2D eigenvalue weighted by Crippen LogP contribution is -2.67. The fourth-order valence-electron chi connectivity index (χ4n) is 9.78. The monoisotopic (exact) mass is 952 g/mol. The molecule has 2 fully saturated rings. The van der Waals surface area contributed by atoms with Crippen LogP contribution in [0.15, 0.2) is 147 Å². The zero-order chi connectivity index (χ0) is 49.5. The van der Waals surface area contributed by atoms with Crippen LogP contribution in [-0.2, 0) is 42.1 Å². The summed E-state index contributed by atoms with van der Waals surface area (Å²) >= 11 is 0. The van der Waals surface area contributed by atoms with Gasteiger partial charge in [0.2, 0.25) is 0 Å². The number of benzene rings is 4. The minimum absolute atomic E-state index is 0.159. The van der Waals surface area contributed by atoms with Crippen LogP contribution in [0.5, 0.6) is 0 Å².